The van der Waals surface area contributed by atoms with Crippen LogP contribution >= 0.6 is 0 Å². The van der Waals surface area contributed by atoms with E-state index in [1.165, 1.54) is 0 Å². The molecule has 2 amide bonds. The molecular weight excluding hydrogens is 316 g/mol. The number of amides is 2. The first kappa shape index (κ1) is 16.9. The lowest BCUT2D eigenvalue weighted by Crippen LogP contribution is -2.45. The number of carbonyl (C=O) groups excluding carboxylic acids is 3. The Morgan fingerprint density at radius 2 is 1.92 bits per heavy atom. The number of hydrogen-bond donors (Lipinski definition) is 2. The average molecular weight is 336 g/mol. The van der Waals surface area contributed by atoms with Crippen LogP contribution in [0.4, 0.5) is 0 Å². The second kappa shape index (κ2) is 7.75. The van der Waals surface area contributed by atoms with Gasteiger partial charge >= 0.3 is 0 Å². The predicted molar refractivity (Wildman–Crippen MR) is 94.5 cm³/mol. The molecule has 2 N–H and O–H groups in total. The van der Waals surface area contributed by atoms with Crippen molar-refractivity contribution in [3.8, 4) is 0 Å². The lowest BCUT2D eigenvalue weighted by molar-refractivity contribution is -0.122. The van der Waals surface area contributed by atoms with Crippen LogP contribution in [0.25, 0.3) is 0 Å². The highest BCUT2D eigenvalue weighted by Crippen LogP contribution is 2.27. The van der Waals surface area contributed by atoms with Crippen molar-refractivity contribution in [1.29, 1.82) is 0 Å². The minimum Gasteiger partial charge on any atom is -0.354 e. The highest BCUT2D eigenvalue weighted by atomic mass is 16.2. The highest BCUT2D eigenvalue weighted by Gasteiger charge is 2.28. The first-order valence-corrected chi connectivity index (χ1v) is 8.36. The first-order valence-electron chi connectivity index (χ1n) is 8.36. The lowest BCUT2D eigenvalue weighted by atomic mass is 9.89. The Bertz CT molecular complexity index is 774. The van der Waals surface area contributed by atoms with Crippen LogP contribution in [0, 0.1) is 0 Å². The van der Waals surface area contributed by atoms with Crippen LogP contribution in [-0.4, -0.2) is 30.7 Å². The summed E-state index contributed by atoms with van der Waals surface area (Å²) in [7, 11) is 0. The maximum atomic E-state index is 12.4. The summed E-state index contributed by atoms with van der Waals surface area (Å²) in [5.41, 5.74) is 2.16. The zero-order valence-corrected chi connectivity index (χ0v) is 13.8. The van der Waals surface area contributed by atoms with Gasteiger partial charge in [0.25, 0.3) is 5.91 Å². The van der Waals surface area contributed by atoms with E-state index in [4.69, 9.17) is 0 Å². The van der Waals surface area contributed by atoms with E-state index in [1.54, 1.807) is 30.3 Å². The maximum Gasteiger partial charge on any atom is 0.251 e. The maximum absolute atomic E-state index is 12.4. The van der Waals surface area contributed by atoms with E-state index in [1.807, 2.05) is 24.3 Å². The fraction of sp³-hybridized carbons (Fsp3) is 0.250. The molecule has 2 atom stereocenters. The van der Waals surface area contributed by atoms with Gasteiger partial charge in [-0.25, -0.2) is 0 Å². The number of carbonyl (C=O) groups is 3. The van der Waals surface area contributed by atoms with Gasteiger partial charge in [-0.05, 0) is 42.5 Å². The molecule has 2 aromatic carbocycles. The van der Waals surface area contributed by atoms with Crippen LogP contribution in [0.5, 0.6) is 0 Å². The molecule has 1 saturated heterocycles. The molecule has 1 aliphatic rings. The molecule has 0 aromatic heterocycles. The normalized spacial score (nSPS) is 20.2. The molecule has 0 saturated carbocycles. The van der Waals surface area contributed by atoms with Gasteiger partial charge in [-0.1, -0.05) is 36.4 Å². The van der Waals surface area contributed by atoms with Gasteiger partial charge in [0.05, 0.1) is 0 Å². The molecular formula is C20H20N2O3. The molecule has 2 aromatic rings. The Kier molecular flexibility index (Phi) is 5.23. The van der Waals surface area contributed by atoms with Crippen molar-refractivity contribution in [2.24, 2.45) is 0 Å². The molecule has 0 radical (unpaired) electrons. The Hall–Kier alpha value is -2.95. The van der Waals surface area contributed by atoms with Gasteiger partial charge in [0.15, 0.2) is 0 Å². The van der Waals surface area contributed by atoms with Gasteiger partial charge in [-0.15, -0.1) is 0 Å². The average Bonchev–Trinajstić information content (AvgIpc) is 2.84. The Morgan fingerprint density at radius 1 is 1.12 bits per heavy atom. The van der Waals surface area contributed by atoms with Crippen molar-refractivity contribution in [2.45, 2.75) is 24.8 Å². The summed E-state index contributed by atoms with van der Waals surface area (Å²) in [6.45, 7) is 0.548. The number of nitrogens with one attached hydrogen (secondary N) is 2. The molecule has 0 bridgehead atoms. The molecule has 2 unspecified atom stereocenters. The quantitative estimate of drug-likeness (QED) is 0.841. The second-order valence-electron chi connectivity index (χ2n) is 6.19. The lowest BCUT2D eigenvalue weighted by Gasteiger charge is -2.20. The van der Waals surface area contributed by atoms with Crippen LogP contribution in [0.1, 0.15) is 45.0 Å². The van der Waals surface area contributed by atoms with Crippen molar-refractivity contribution in [1.82, 2.24) is 10.6 Å². The Morgan fingerprint density at radius 3 is 2.68 bits per heavy atom. The topological polar surface area (TPSA) is 75.3 Å². The summed E-state index contributed by atoms with van der Waals surface area (Å²) in [5.74, 6) is -0.332. The molecule has 5 nitrogen and oxygen atoms in total. The van der Waals surface area contributed by atoms with Gasteiger partial charge in [-0.3, -0.25) is 14.4 Å². The zero-order chi connectivity index (χ0) is 17.6. The molecule has 1 heterocycles. The van der Waals surface area contributed by atoms with Crippen LogP contribution < -0.4 is 10.6 Å². The molecule has 0 aliphatic carbocycles. The van der Waals surface area contributed by atoms with Gasteiger partial charge in [0.1, 0.15) is 12.3 Å². The van der Waals surface area contributed by atoms with E-state index < -0.39 is 6.04 Å². The predicted octanol–water partition coefficient (Wildman–Crippen LogP) is 2.29. The summed E-state index contributed by atoms with van der Waals surface area (Å²) in [4.78, 5) is 35.7. The van der Waals surface area contributed by atoms with Gasteiger partial charge in [-0.2, -0.15) is 0 Å². The molecule has 1 fully saturated rings. The minimum absolute atomic E-state index is 0.0972. The Labute approximate surface area is 146 Å². The third-order valence-electron chi connectivity index (χ3n) is 4.49. The number of benzene rings is 2. The van der Waals surface area contributed by atoms with Crippen molar-refractivity contribution >= 4 is 18.1 Å². The number of rotatable bonds is 4. The molecule has 5 heteroatoms. The second-order valence-corrected chi connectivity index (χ2v) is 6.19. The van der Waals surface area contributed by atoms with E-state index in [2.05, 4.69) is 10.6 Å². The summed E-state index contributed by atoms with van der Waals surface area (Å²) < 4.78 is 0. The van der Waals surface area contributed by atoms with Crippen LogP contribution in [0.15, 0.2) is 54.6 Å². The van der Waals surface area contributed by atoms with E-state index in [0.717, 1.165) is 18.3 Å². The van der Waals surface area contributed by atoms with E-state index in [-0.39, 0.29) is 17.7 Å². The van der Waals surface area contributed by atoms with Gasteiger partial charge in [0.2, 0.25) is 5.91 Å². The number of aldehydes is 1. The highest BCUT2D eigenvalue weighted by molar-refractivity contribution is 5.97. The fourth-order valence-electron chi connectivity index (χ4n) is 3.15. The minimum atomic E-state index is -0.597. The molecule has 25 heavy (non-hydrogen) atoms. The van der Waals surface area contributed by atoms with Crippen molar-refractivity contribution in [3.63, 3.8) is 0 Å². The standard InChI is InChI=1S/C20H20N2O3/c23-13-14-5-4-8-16(11-14)17-9-10-21-20(25)18(12-17)22-19(24)15-6-2-1-3-7-15/h1-8,11,13,17-18H,9-10,12H2,(H,21,25)(H,22,24). The SMILES string of the molecule is O=Cc1cccc(C2CCNC(=O)C(NC(=O)c3ccccc3)C2)c1. The van der Waals surface area contributed by atoms with Crippen LogP contribution in [0.2, 0.25) is 0 Å². The first-order chi connectivity index (χ1) is 12.2. The summed E-state index contributed by atoms with van der Waals surface area (Å²) >= 11 is 0. The third kappa shape index (κ3) is 4.12. The zero-order valence-electron chi connectivity index (χ0n) is 13.8. The smallest absolute Gasteiger partial charge is 0.251 e. The van der Waals surface area contributed by atoms with Crippen LogP contribution in [0.3, 0.4) is 0 Å². The van der Waals surface area contributed by atoms with Crippen molar-refractivity contribution in [3.05, 3.63) is 71.3 Å². The summed E-state index contributed by atoms with van der Waals surface area (Å²) in [6, 6.07) is 15.7. The fourth-order valence-corrected chi connectivity index (χ4v) is 3.15. The van der Waals surface area contributed by atoms with Crippen molar-refractivity contribution < 1.29 is 14.4 Å². The largest absolute Gasteiger partial charge is 0.354 e. The molecule has 128 valence electrons. The van der Waals surface area contributed by atoms with E-state index in [0.29, 0.717) is 24.1 Å². The van der Waals surface area contributed by atoms with Gasteiger partial charge in [0, 0.05) is 17.7 Å². The van der Waals surface area contributed by atoms with Crippen LogP contribution in [-0.2, 0) is 4.79 Å². The summed E-state index contributed by atoms with van der Waals surface area (Å²) in [6.07, 6.45) is 2.09. The third-order valence-corrected chi connectivity index (χ3v) is 4.49. The monoisotopic (exact) mass is 336 g/mol. The summed E-state index contributed by atoms with van der Waals surface area (Å²) in [5, 5.41) is 5.69. The van der Waals surface area contributed by atoms with Gasteiger partial charge < -0.3 is 10.6 Å². The van der Waals surface area contributed by atoms with E-state index >= 15 is 0 Å². The Balaban J connectivity index is 1.77. The molecule has 3 rings (SSSR count). The molecule has 0 spiro atoms. The molecule has 1 aliphatic heterocycles. The van der Waals surface area contributed by atoms with E-state index in [9.17, 15) is 14.4 Å². The number of hydrogen-bond acceptors (Lipinski definition) is 3. The van der Waals surface area contributed by atoms with Crippen molar-refractivity contribution in [2.75, 3.05) is 6.54 Å².